The van der Waals surface area contributed by atoms with Gasteiger partial charge >= 0.3 is 5.97 Å². The van der Waals surface area contributed by atoms with E-state index < -0.39 is 17.9 Å². The number of rotatable bonds is 8. The van der Waals surface area contributed by atoms with Crippen molar-refractivity contribution >= 4 is 41.2 Å². The topological polar surface area (TPSA) is 79.9 Å². The Hall–Kier alpha value is -2.68. The summed E-state index contributed by atoms with van der Waals surface area (Å²) in [4.78, 5) is 26.8. The minimum Gasteiger partial charge on any atom is -0.497 e. The number of hydrogen-bond acceptors (Lipinski definition) is 6. The Morgan fingerprint density at radius 3 is 2.39 bits per heavy atom. The highest BCUT2D eigenvalue weighted by molar-refractivity contribution is 7.78. The number of amides is 1. The quantitative estimate of drug-likeness (QED) is 0.434. The standard InChI is InChI=1S/C19H20ClNO4.C5H10N2S/c1-3-25-19(23)17(12-13-8-10-14(24-2)11-9-13)21-18(22)15-6-4-5-7-16(15)20;8-5-7-3-1-6-2-4-7/h4-11,17H,3,12H2,1-2H3,(H,21,22);5-6H,1-4H2. The van der Waals surface area contributed by atoms with E-state index in [-0.39, 0.29) is 6.61 Å². The molecule has 1 atom stereocenters. The van der Waals surface area contributed by atoms with Gasteiger partial charge in [-0.3, -0.25) is 4.79 Å². The molecule has 1 unspecified atom stereocenters. The van der Waals surface area contributed by atoms with Crippen LogP contribution in [0.3, 0.4) is 0 Å². The fraction of sp³-hybridized carbons (Fsp3) is 0.375. The van der Waals surface area contributed by atoms with Crippen molar-refractivity contribution in [3.63, 3.8) is 0 Å². The largest absolute Gasteiger partial charge is 0.497 e. The maximum atomic E-state index is 12.5. The summed E-state index contributed by atoms with van der Waals surface area (Å²) in [5.41, 5.74) is 2.92. The lowest BCUT2D eigenvalue weighted by Crippen LogP contribution is -2.43. The van der Waals surface area contributed by atoms with E-state index >= 15 is 0 Å². The van der Waals surface area contributed by atoms with Crippen molar-refractivity contribution < 1.29 is 19.1 Å². The van der Waals surface area contributed by atoms with Gasteiger partial charge in [0.15, 0.2) is 0 Å². The normalized spacial score (nSPS) is 13.7. The zero-order valence-corrected chi connectivity index (χ0v) is 20.5. The van der Waals surface area contributed by atoms with Crippen LogP contribution in [0.4, 0.5) is 0 Å². The predicted octanol–water partition coefficient (Wildman–Crippen LogP) is 3.10. The molecule has 1 aliphatic rings. The van der Waals surface area contributed by atoms with Crippen LogP contribution in [0.1, 0.15) is 22.8 Å². The molecule has 1 amide bonds. The average molecular weight is 492 g/mol. The highest BCUT2D eigenvalue weighted by Crippen LogP contribution is 2.16. The van der Waals surface area contributed by atoms with E-state index in [2.05, 4.69) is 15.5 Å². The molecular formula is C24H30ClN3O4S. The average Bonchev–Trinajstić information content (AvgIpc) is 2.85. The Bertz CT molecular complexity index is 905. The minimum atomic E-state index is -0.808. The number of nitrogens with one attached hydrogen (secondary N) is 2. The van der Waals surface area contributed by atoms with Crippen LogP contribution in [-0.2, 0) is 16.0 Å². The molecule has 33 heavy (non-hydrogen) atoms. The van der Waals surface area contributed by atoms with Gasteiger partial charge in [-0.15, -0.1) is 0 Å². The summed E-state index contributed by atoms with van der Waals surface area (Å²) in [5.74, 6) is -0.188. The highest BCUT2D eigenvalue weighted by Gasteiger charge is 2.24. The van der Waals surface area contributed by atoms with E-state index in [4.69, 9.17) is 33.3 Å². The third-order valence-corrected chi connectivity index (χ3v) is 5.52. The SMILES string of the molecule is CCOC(=O)C(Cc1ccc(OC)cc1)NC(=O)c1ccccc1Cl.S=CN1CCNCC1. The number of carbonyl (C=O) groups excluding carboxylic acids is 2. The van der Waals surface area contributed by atoms with Crippen LogP contribution in [0.2, 0.25) is 5.02 Å². The van der Waals surface area contributed by atoms with Crippen molar-refractivity contribution in [1.82, 2.24) is 15.5 Å². The molecule has 0 bridgehead atoms. The van der Waals surface area contributed by atoms with Crippen molar-refractivity contribution in [1.29, 1.82) is 0 Å². The van der Waals surface area contributed by atoms with Crippen LogP contribution >= 0.6 is 23.8 Å². The monoisotopic (exact) mass is 491 g/mol. The van der Waals surface area contributed by atoms with E-state index in [1.165, 1.54) is 0 Å². The maximum Gasteiger partial charge on any atom is 0.328 e. The summed E-state index contributed by atoms with van der Waals surface area (Å²) < 4.78 is 10.2. The fourth-order valence-corrected chi connectivity index (χ4v) is 3.53. The van der Waals surface area contributed by atoms with Crippen molar-refractivity contribution in [2.24, 2.45) is 0 Å². The van der Waals surface area contributed by atoms with E-state index in [9.17, 15) is 9.59 Å². The Morgan fingerprint density at radius 2 is 1.85 bits per heavy atom. The molecular weight excluding hydrogens is 462 g/mol. The van der Waals surface area contributed by atoms with Crippen LogP contribution in [0, 0.1) is 0 Å². The number of ether oxygens (including phenoxy) is 2. The number of esters is 1. The molecule has 178 valence electrons. The van der Waals surface area contributed by atoms with Crippen LogP contribution in [0.15, 0.2) is 48.5 Å². The van der Waals surface area contributed by atoms with Gasteiger partial charge in [0.05, 0.1) is 29.8 Å². The van der Waals surface area contributed by atoms with Crippen LogP contribution in [0.25, 0.3) is 0 Å². The lowest BCUT2D eigenvalue weighted by Gasteiger charge is -2.24. The highest BCUT2D eigenvalue weighted by atomic mass is 35.5. The van der Waals surface area contributed by atoms with Gasteiger partial charge in [-0.25, -0.2) is 4.79 Å². The molecule has 0 saturated carbocycles. The second-order valence-electron chi connectivity index (χ2n) is 7.20. The molecule has 0 spiro atoms. The van der Waals surface area contributed by atoms with Gasteiger partial charge in [0.25, 0.3) is 5.91 Å². The van der Waals surface area contributed by atoms with Gasteiger partial charge < -0.3 is 25.0 Å². The molecule has 2 N–H and O–H groups in total. The number of hydrogen-bond donors (Lipinski definition) is 2. The lowest BCUT2D eigenvalue weighted by molar-refractivity contribution is -0.145. The van der Waals surface area contributed by atoms with Crippen LogP contribution in [0.5, 0.6) is 5.75 Å². The van der Waals surface area contributed by atoms with Gasteiger partial charge in [0, 0.05) is 32.6 Å². The van der Waals surface area contributed by atoms with E-state index in [1.54, 1.807) is 55.9 Å². The Morgan fingerprint density at radius 1 is 1.18 bits per heavy atom. The summed E-state index contributed by atoms with van der Waals surface area (Å²) in [7, 11) is 1.58. The summed E-state index contributed by atoms with van der Waals surface area (Å²) in [6, 6.07) is 13.1. The Kier molecular flexibility index (Phi) is 11.6. The third-order valence-electron chi connectivity index (χ3n) is 4.89. The molecule has 1 aliphatic heterocycles. The molecule has 1 fully saturated rings. The second-order valence-corrected chi connectivity index (χ2v) is 7.82. The molecule has 0 aliphatic carbocycles. The summed E-state index contributed by atoms with van der Waals surface area (Å²) in [6.07, 6.45) is 0.305. The zero-order chi connectivity index (χ0) is 24.1. The van der Waals surface area contributed by atoms with Gasteiger partial charge in [-0.1, -0.05) is 48.1 Å². The van der Waals surface area contributed by atoms with E-state index in [0.29, 0.717) is 17.0 Å². The van der Waals surface area contributed by atoms with Gasteiger partial charge in [0.2, 0.25) is 0 Å². The number of thiocarbonyl (C=S) groups is 1. The zero-order valence-electron chi connectivity index (χ0n) is 18.9. The lowest BCUT2D eigenvalue weighted by atomic mass is 10.0. The first-order valence-electron chi connectivity index (χ1n) is 10.7. The predicted molar refractivity (Wildman–Crippen MR) is 134 cm³/mol. The van der Waals surface area contributed by atoms with Crippen molar-refractivity contribution in [3.05, 3.63) is 64.7 Å². The molecule has 9 heteroatoms. The summed E-state index contributed by atoms with van der Waals surface area (Å²) in [5, 5.41) is 6.27. The van der Waals surface area contributed by atoms with Gasteiger partial charge in [-0.2, -0.15) is 0 Å². The van der Waals surface area contributed by atoms with Crippen molar-refractivity contribution in [2.75, 3.05) is 39.9 Å². The third kappa shape index (κ3) is 9.00. The molecule has 3 rings (SSSR count). The fourth-order valence-electron chi connectivity index (χ4n) is 3.10. The molecule has 1 saturated heterocycles. The van der Waals surface area contributed by atoms with E-state index in [1.807, 2.05) is 12.1 Å². The summed E-state index contributed by atoms with van der Waals surface area (Å²) in [6.45, 7) is 6.26. The van der Waals surface area contributed by atoms with Crippen LogP contribution < -0.4 is 15.4 Å². The Balaban J connectivity index is 0.000000405. The van der Waals surface area contributed by atoms with E-state index in [0.717, 1.165) is 37.5 Å². The van der Waals surface area contributed by atoms with Crippen molar-refractivity contribution in [2.45, 2.75) is 19.4 Å². The smallest absolute Gasteiger partial charge is 0.328 e. The van der Waals surface area contributed by atoms with Crippen LogP contribution in [-0.4, -0.2) is 68.2 Å². The minimum absolute atomic E-state index is 0.236. The number of methoxy groups -OCH3 is 1. The second kappa shape index (κ2) is 14.5. The molecule has 2 aromatic carbocycles. The van der Waals surface area contributed by atoms with Crippen molar-refractivity contribution in [3.8, 4) is 5.75 Å². The molecule has 0 aromatic heterocycles. The molecule has 0 radical (unpaired) electrons. The first-order chi connectivity index (χ1) is 16.0. The summed E-state index contributed by atoms with van der Waals surface area (Å²) >= 11 is 10.8. The number of carbonyl (C=O) groups is 2. The molecule has 1 heterocycles. The first-order valence-corrected chi connectivity index (χ1v) is 11.6. The Labute approximate surface area is 205 Å². The van der Waals surface area contributed by atoms with Gasteiger partial charge in [0.1, 0.15) is 11.8 Å². The number of halogens is 1. The number of nitrogens with zero attached hydrogens (tertiary/aromatic N) is 1. The first kappa shape index (κ1) is 26.6. The molecule has 7 nitrogen and oxygen atoms in total. The maximum absolute atomic E-state index is 12.5. The number of benzene rings is 2. The van der Waals surface area contributed by atoms with Gasteiger partial charge in [-0.05, 0) is 36.8 Å². The molecule has 2 aromatic rings. The number of piperazine rings is 1.